The van der Waals surface area contributed by atoms with Crippen molar-refractivity contribution >= 4 is 5.69 Å². The molecule has 1 aromatic carbocycles. The van der Waals surface area contributed by atoms with E-state index in [1.165, 1.54) is 12.1 Å². The first kappa shape index (κ1) is 12.8. The molecule has 5 nitrogen and oxygen atoms in total. The van der Waals surface area contributed by atoms with Gasteiger partial charge in [-0.05, 0) is 19.4 Å². The lowest BCUT2D eigenvalue weighted by Crippen LogP contribution is -2.37. The van der Waals surface area contributed by atoms with E-state index in [9.17, 15) is 15.2 Å². The molecule has 0 fully saturated rings. The van der Waals surface area contributed by atoms with Crippen LogP contribution in [0.5, 0.6) is 5.75 Å². The lowest BCUT2D eigenvalue weighted by Gasteiger charge is -2.38. The van der Waals surface area contributed by atoms with Gasteiger partial charge in [-0.1, -0.05) is 13.3 Å². The fourth-order valence-electron chi connectivity index (χ4n) is 2.51. The maximum Gasteiger partial charge on any atom is 0.270 e. The minimum Gasteiger partial charge on any atom is -0.487 e. The van der Waals surface area contributed by atoms with Crippen molar-refractivity contribution < 1.29 is 14.8 Å². The molecule has 1 aliphatic rings. The summed E-state index contributed by atoms with van der Waals surface area (Å²) in [6, 6.07) is 4.37. The number of nitrogens with zero attached hydrogens (tertiary/aromatic N) is 1. The Kier molecular flexibility index (Phi) is 3.26. The molecule has 18 heavy (non-hydrogen) atoms. The van der Waals surface area contributed by atoms with Crippen molar-refractivity contribution in [1.82, 2.24) is 0 Å². The molecular formula is C13H17NO4. The second-order valence-electron chi connectivity index (χ2n) is 5.00. The third-order valence-corrected chi connectivity index (χ3v) is 3.32. The minimum absolute atomic E-state index is 0.0181. The van der Waals surface area contributed by atoms with Crippen LogP contribution < -0.4 is 4.74 Å². The van der Waals surface area contributed by atoms with Crippen LogP contribution in [0.15, 0.2) is 18.2 Å². The molecule has 98 valence electrons. The number of hydrogen-bond donors (Lipinski definition) is 1. The molecule has 2 rings (SSSR count). The number of aliphatic hydroxyl groups excluding tert-OH is 1. The van der Waals surface area contributed by atoms with Gasteiger partial charge in [-0.15, -0.1) is 0 Å². The number of non-ortho nitro benzene ring substituents is 1. The van der Waals surface area contributed by atoms with Gasteiger partial charge in [0, 0.05) is 24.1 Å². The van der Waals surface area contributed by atoms with Gasteiger partial charge in [0.25, 0.3) is 5.69 Å². The number of fused-ring (bicyclic) bond motifs is 1. The van der Waals surface area contributed by atoms with Crippen molar-refractivity contribution in [3.63, 3.8) is 0 Å². The lowest BCUT2D eigenvalue weighted by molar-refractivity contribution is -0.385. The molecule has 2 unspecified atom stereocenters. The number of aliphatic hydroxyl groups is 1. The van der Waals surface area contributed by atoms with E-state index in [1.54, 1.807) is 6.07 Å². The second kappa shape index (κ2) is 4.57. The van der Waals surface area contributed by atoms with E-state index in [0.29, 0.717) is 17.7 Å². The highest BCUT2D eigenvalue weighted by atomic mass is 16.6. The Morgan fingerprint density at radius 2 is 2.33 bits per heavy atom. The normalized spacial score (nSPS) is 26.3. The van der Waals surface area contributed by atoms with E-state index in [-0.39, 0.29) is 5.69 Å². The molecule has 1 aliphatic heterocycles. The van der Waals surface area contributed by atoms with Crippen LogP contribution in [0.4, 0.5) is 5.69 Å². The molecule has 0 amide bonds. The average molecular weight is 251 g/mol. The zero-order valence-corrected chi connectivity index (χ0v) is 10.5. The maximum absolute atomic E-state index is 10.7. The van der Waals surface area contributed by atoms with Gasteiger partial charge in [-0.3, -0.25) is 10.1 Å². The Bertz CT molecular complexity index is 474. The average Bonchev–Trinajstić information content (AvgIpc) is 2.28. The third-order valence-electron chi connectivity index (χ3n) is 3.32. The first-order valence-electron chi connectivity index (χ1n) is 6.10. The van der Waals surface area contributed by atoms with Crippen LogP contribution in [-0.4, -0.2) is 15.6 Å². The molecule has 0 saturated heterocycles. The highest BCUT2D eigenvalue weighted by Gasteiger charge is 2.36. The monoisotopic (exact) mass is 251 g/mol. The van der Waals surface area contributed by atoms with Gasteiger partial charge in [0.05, 0.1) is 11.0 Å². The van der Waals surface area contributed by atoms with Crippen LogP contribution in [0.3, 0.4) is 0 Å². The smallest absolute Gasteiger partial charge is 0.270 e. The predicted octanol–water partition coefficient (Wildman–Crippen LogP) is 2.97. The summed E-state index contributed by atoms with van der Waals surface area (Å²) in [5.41, 5.74) is 0.102. The van der Waals surface area contributed by atoms with E-state index in [4.69, 9.17) is 4.74 Å². The summed E-state index contributed by atoms with van der Waals surface area (Å²) in [4.78, 5) is 10.2. The van der Waals surface area contributed by atoms with Crippen LogP contribution in [0, 0.1) is 10.1 Å². The zero-order valence-electron chi connectivity index (χ0n) is 10.5. The molecule has 0 aromatic heterocycles. The van der Waals surface area contributed by atoms with Crippen molar-refractivity contribution in [2.45, 2.75) is 44.8 Å². The Labute approximate surface area is 106 Å². The van der Waals surface area contributed by atoms with Gasteiger partial charge in [0.15, 0.2) is 0 Å². The molecule has 0 saturated carbocycles. The molecule has 1 heterocycles. The van der Waals surface area contributed by atoms with Crippen LogP contribution in [0.25, 0.3) is 0 Å². The zero-order chi connectivity index (χ0) is 13.3. The Hall–Kier alpha value is -1.62. The van der Waals surface area contributed by atoms with E-state index in [1.807, 2.05) is 6.92 Å². The van der Waals surface area contributed by atoms with E-state index >= 15 is 0 Å². The number of hydrogen-bond acceptors (Lipinski definition) is 4. The predicted molar refractivity (Wildman–Crippen MR) is 66.6 cm³/mol. The van der Waals surface area contributed by atoms with E-state index in [0.717, 1.165) is 12.8 Å². The van der Waals surface area contributed by atoms with Crippen LogP contribution in [-0.2, 0) is 0 Å². The molecule has 2 atom stereocenters. The number of nitro groups is 1. The minimum atomic E-state index is -0.704. The lowest BCUT2D eigenvalue weighted by atomic mass is 9.87. The summed E-state index contributed by atoms with van der Waals surface area (Å²) in [5.74, 6) is 0.551. The first-order chi connectivity index (χ1) is 8.45. The van der Waals surface area contributed by atoms with Crippen molar-refractivity contribution in [3.05, 3.63) is 33.9 Å². The largest absolute Gasteiger partial charge is 0.487 e. The molecule has 1 aromatic rings. The molecular weight excluding hydrogens is 234 g/mol. The fraction of sp³-hybridized carbons (Fsp3) is 0.538. The SMILES string of the molecule is CCCC1(C)CC(O)c2cc([N+](=O)[O-])ccc2O1. The molecule has 0 aliphatic carbocycles. The van der Waals surface area contributed by atoms with Gasteiger partial charge in [-0.2, -0.15) is 0 Å². The quantitative estimate of drug-likeness (QED) is 0.662. The van der Waals surface area contributed by atoms with Gasteiger partial charge in [0.1, 0.15) is 11.4 Å². The van der Waals surface area contributed by atoms with Crippen LogP contribution in [0.2, 0.25) is 0 Å². The Morgan fingerprint density at radius 3 is 2.94 bits per heavy atom. The fourth-order valence-corrected chi connectivity index (χ4v) is 2.51. The third kappa shape index (κ3) is 2.31. The standard InChI is InChI=1S/C13H17NO4/c1-3-6-13(2)8-11(15)10-7-9(14(16)17)4-5-12(10)18-13/h4-5,7,11,15H,3,6,8H2,1-2H3. The highest BCUT2D eigenvalue weighted by Crippen LogP contribution is 2.42. The molecule has 5 heteroatoms. The molecule has 0 spiro atoms. The summed E-state index contributed by atoms with van der Waals surface area (Å²) in [6.07, 6.45) is 1.58. The maximum atomic E-state index is 10.7. The van der Waals surface area contributed by atoms with Crippen molar-refractivity contribution in [2.24, 2.45) is 0 Å². The summed E-state index contributed by atoms with van der Waals surface area (Å²) in [7, 11) is 0. The highest BCUT2D eigenvalue weighted by molar-refractivity contribution is 5.46. The topological polar surface area (TPSA) is 72.6 Å². The van der Waals surface area contributed by atoms with Gasteiger partial charge < -0.3 is 9.84 Å². The Morgan fingerprint density at radius 1 is 1.61 bits per heavy atom. The summed E-state index contributed by atoms with van der Waals surface area (Å²) >= 11 is 0. The number of rotatable bonds is 3. The Balaban J connectivity index is 2.35. The van der Waals surface area contributed by atoms with Crippen molar-refractivity contribution in [1.29, 1.82) is 0 Å². The molecule has 0 bridgehead atoms. The van der Waals surface area contributed by atoms with Crippen LogP contribution in [0.1, 0.15) is 44.8 Å². The number of benzene rings is 1. The van der Waals surface area contributed by atoms with Gasteiger partial charge in [-0.25, -0.2) is 0 Å². The number of nitro benzene ring substituents is 1. The summed E-state index contributed by atoms with van der Waals surface area (Å²) in [6.45, 7) is 4.02. The van der Waals surface area contributed by atoms with Gasteiger partial charge in [0.2, 0.25) is 0 Å². The van der Waals surface area contributed by atoms with Crippen LogP contribution >= 0.6 is 0 Å². The first-order valence-corrected chi connectivity index (χ1v) is 6.10. The van der Waals surface area contributed by atoms with Crippen molar-refractivity contribution in [3.8, 4) is 5.75 Å². The summed E-state index contributed by atoms with van der Waals surface area (Å²) < 4.78 is 5.88. The van der Waals surface area contributed by atoms with Gasteiger partial charge >= 0.3 is 0 Å². The van der Waals surface area contributed by atoms with E-state index < -0.39 is 16.6 Å². The van der Waals surface area contributed by atoms with Crippen molar-refractivity contribution in [2.75, 3.05) is 0 Å². The second-order valence-corrected chi connectivity index (χ2v) is 5.00. The summed E-state index contributed by atoms with van der Waals surface area (Å²) in [5, 5.41) is 20.8. The number of ether oxygens (including phenoxy) is 1. The molecule has 0 radical (unpaired) electrons. The molecule has 1 N–H and O–H groups in total. The van der Waals surface area contributed by atoms with E-state index in [2.05, 4.69) is 6.92 Å².